The molecule has 0 radical (unpaired) electrons. The molecule has 0 aliphatic heterocycles. The van der Waals surface area contributed by atoms with Crippen LogP contribution in [-0.2, 0) is 17.4 Å². The molecule has 0 saturated heterocycles. The van der Waals surface area contributed by atoms with E-state index < -0.39 is 11.7 Å². The zero-order valence-electron chi connectivity index (χ0n) is 19.4. The van der Waals surface area contributed by atoms with Crippen LogP contribution in [0.2, 0.25) is 0 Å². The van der Waals surface area contributed by atoms with E-state index in [-0.39, 0.29) is 12.3 Å². The summed E-state index contributed by atoms with van der Waals surface area (Å²) in [7, 11) is 0. The number of H-pyrrole nitrogens is 1. The highest BCUT2D eigenvalue weighted by Gasteiger charge is 2.30. The number of benzene rings is 3. The molecule has 3 aromatic carbocycles. The topological polar surface area (TPSA) is 70.7 Å². The number of fused-ring (bicyclic) bond motifs is 1. The predicted octanol–water partition coefficient (Wildman–Crippen LogP) is 7.17. The number of hydrogen-bond acceptors (Lipinski definition) is 4. The summed E-state index contributed by atoms with van der Waals surface area (Å²) in [5.41, 5.74) is 4.11. The quantitative estimate of drug-likeness (QED) is 0.265. The Morgan fingerprint density at radius 2 is 1.67 bits per heavy atom. The van der Waals surface area contributed by atoms with E-state index in [4.69, 9.17) is 0 Å². The van der Waals surface area contributed by atoms with Gasteiger partial charge >= 0.3 is 6.18 Å². The molecule has 0 aliphatic carbocycles. The molecule has 5 aromatic rings. The third-order valence-corrected chi connectivity index (χ3v) is 6.82. The highest BCUT2D eigenvalue weighted by Crippen LogP contribution is 2.32. The van der Waals surface area contributed by atoms with Gasteiger partial charge in [-0.15, -0.1) is 11.3 Å². The first-order valence-electron chi connectivity index (χ1n) is 11.2. The Hall–Kier alpha value is -3.98. The van der Waals surface area contributed by atoms with Crippen LogP contribution < -0.4 is 5.32 Å². The van der Waals surface area contributed by atoms with E-state index in [1.54, 1.807) is 0 Å². The first-order chi connectivity index (χ1) is 17.2. The number of nitrogens with one attached hydrogen (secondary N) is 2. The molecule has 9 heteroatoms. The Balaban J connectivity index is 1.38. The van der Waals surface area contributed by atoms with E-state index in [9.17, 15) is 18.0 Å². The molecule has 1 amide bonds. The van der Waals surface area contributed by atoms with Gasteiger partial charge in [0.05, 0.1) is 33.7 Å². The van der Waals surface area contributed by atoms with Crippen molar-refractivity contribution in [2.45, 2.75) is 26.4 Å². The third-order valence-electron chi connectivity index (χ3n) is 5.75. The molecule has 2 aromatic heterocycles. The van der Waals surface area contributed by atoms with Crippen LogP contribution in [0.25, 0.3) is 33.5 Å². The van der Waals surface area contributed by atoms with E-state index in [1.807, 2.05) is 62.4 Å². The number of carbonyl (C=O) groups is 1. The van der Waals surface area contributed by atoms with Gasteiger partial charge in [-0.1, -0.05) is 30.3 Å². The van der Waals surface area contributed by atoms with E-state index in [0.717, 1.165) is 44.4 Å². The van der Waals surface area contributed by atoms with Gasteiger partial charge in [-0.2, -0.15) is 13.2 Å². The highest BCUT2D eigenvalue weighted by atomic mass is 32.1. The van der Waals surface area contributed by atoms with E-state index in [0.29, 0.717) is 22.5 Å². The van der Waals surface area contributed by atoms with Crippen LogP contribution in [0.5, 0.6) is 0 Å². The maximum Gasteiger partial charge on any atom is 0.416 e. The molecule has 0 spiro atoms. The average molecular weight is 507 g/mol. The maximum atomic E-state index is 13.1. The normalized spacial score (nSPS) is 11.7. The molecule has 0 saturated carbocycles. The zero-order chi connectivity index (χ0) is 25.4. The SMILES string of the molecule is Cc1nc(C)c(CC(=O)Nc2cccc(-c3cccc(-c4nc5ccc(C(F)(F)F)cc5[nH]4)c3)c2)s1. The second-order valence-corrected chi connectivity index (χ2v) is 9.73. The number of aromatic amines is 1. The van der Waals surface area contributed by atoms with Crippen molar-refractivity contribution in [3.8, 4) is 22.5 Å². The van der Waals surface area contributed by atoms with Crippen LogP contribution in [0.3, 0.4) is 0 Å². The number of nitrogens with zero attached hydrogens (tertiary/aromatic N) is 2. The van der Waals surface area contributed by atoms with Gasteiger partial charge < -0.3 is 10.3 Å². The summed E-state index contributed by atoms with van der Waals surface area (Å²) < 4.78 is 39.2. The van der Waals surface area contributed by atoms with Crippen molar-refractivity contribution in [2.24, 2.45) is 0 Å². The molecule has 0 unspecified atom stereocenters. The Morgan fingerprint density at radius 1 is 0.944 bits per heavy atom. The molecular formula is C27H21F3N4OS. The van der Waals surface area contributed by atoms with Crippen LogP contribution in [0.1, 0.15) is 21.1 Å². The van der Waals surface area contributed by atoms with Gasteiger partial charge in [0.15, 0.2) is 0 Å². The van der Waals surface area contributed by atoms with E-state index in [2.05, 4.69) is 20.3 Å². The van der Waals surface area contributed by atoms with Crippen molar-refractivity contribution < 1.29 is 18.0 Å². The lowest BCUT2D eigenvalue weighted by Gasteiger charge is -2.09. The fourth-order valence-electron chi connectivity index (χ4n) is 4.03. The largest absolute Gasteiger partial charge is 0.416 e. The summed E-state index contributed by atoms with van der Waals surface area (Å²) in [5, 5.41) is 3.88. The molecular weight excluding hydrogens is 485 g/mol. The molecule has 0 bridgehead atoms. The van der Waals surface area contributed by atoms with Crippen molar-refractivity contribution in [3.05, 3.63) is 87.9 Å². The number of imidazole rings is 1. The van der Waals surface area contributed by atoms with Crippen LogP contribution in [-0.4, -0.2) is 20.9 Å². The highest BCUT2D eigenvalue weighted by molar-refractivity contribution is 7.11. The number of aryl methyl sites for hydroxylation is 2. The van der Waals surface area contributed by atoms with Crippen molar-refractivity contribution in [2.75, 3.05) is 5.32 Å². The van der Waals surface area contributed by atoms with Crippen LogP contribution in [0.4, 0.5) is 18.9 Å². The molecule has 2 N–H and O–H groups in total. The van der Waals surface area contributed by atoms with Gasteiger partial charge in [0, 0.05) is 16.1 Å². The summed E-state index contributed by atoms with van der Waals surface area (Å²) in [6.45, 7) is 3.82. The minimum atomic E-state index is -4.42. The van der Waals surface area contributed by atoms with Gasteiger partial charge in [0.25, 0.3) is 0 Å². The van der Waals surface area contributed by atoms with Crippen molar-refractivity contribution in [3.63, 3.8) is 0 Å². The van der Waals surface area contributed by atoms with Crippen LogP contribution in [0, 0.1) is 13.8 Å². The molecule has 5 rings (SSSR count). The molecule has 36 heavy (non-hydrogen) atoms. The van der Waals surface area contributed by atoms with Gasteiger partial charge in [0.2, 0.25) is 5.91 Å². The number of carbonyl (C=O) groups excluding carboxylic acids is 1. The number of aromatic nitrogens is 3. The first-order valence-corrected chi connectivity index (χ1v) is 12.0. The predicted molar refractivity (Wildman–Crippen MR) is 136 cm³/mol. The van der Waals surface area contributed by atoms with Gasteiger partial charge in [0.1, 0.15) is 5.82 Å². The Bertz CT molecular complexity index is 1590. The minimum Gasteiger partial charge on any atom is -0.338 e. The molecule has 182 valence electrons. The summed E-state index contributed by atoms with van der Waals surface area (Å²) in [4.78, 5) is 25.4. The smallest absolute Gasteiger partial charge is 0.338 e. The summed E-state index contributed by atoms with van der Waals surface area (Å²) in [6, 6.07) is 18.5. The van der Waals surface area contributed by atoms with E-state index in [1.165, 1.54) is 17.4 Å². The molecule has 5 nitrogen and oxygen atoms in total. The van der Waals surface area contributed by atoms with Crippen LogP contribution in [0.15, 0.2) is 66.7 Å². The third kappa shape index (κ3) is 5.01. The Labute approximate surface area is 209 Å². The number of anilines is 1. The lowest BCUT2D eigenvalue weighted by molar-refractivity contribution is -0.137. The van der Waals surface area contributed by atoms with Crippen molar-refractivity contribution in [1.29, 1.82) is 0 Å². The molecule has 0 fully saturated rings. The average Bonchev–Trinajstić information content (AvgIpc) is 3.40. The number of hydrogen-bond donors (Lipinski definition) is 2. The lowest BCUT2D eigenvalue weighted by Crippen LogP contribution is -2.14. The summed E-state index contributed by atoms with van der Waals surface area (Å²) >= 11 is 1.52. The number of alkyl halides is 3. The fraction of sp³-hybridized carbons (Fsp3) is 0.148. The Morgan fingerprint density at radius 3 is 2.39 bits per heavy atom. The number of amides is 1. The second-order valence-electron chi connectivity index (χ2n) is 8.44. The van der Waals surface area contributed by atoms with Crippen LogP contribution >= 0.6 is 11.3 Å². The lowest BCUT2D eigenvalue weighted by atomic mass is 10.0. The maximum absolute atomic E-state index is 13.1. The number of rotatable bonds is 5. The monoisotopic (exact) mass is 506 g/mol. The second kappa shape index (κ2) is 9.23. The van der Waals surface area contributed by atoms with Gasteiger partial charge in [-0.25, -0.2) is 9.97 Å². The zero-order valence-corrected chi connectivity index (χ0v) is 20.2. The fourth-order valence-corrected chi connectivity index (χ4v) is 4.97. The van der Waals surface area contributed by atoms with Gasteiger partial charge in [-0.3, -0.25) is 4.79 Å². The van der Waals surface area contributed by atoms with Crippen molar-refractivity contribution in [1.82, 2.24) is 15.0 Å². The summed E-state index contributed by atoms with van der Waals surface area (Å²) in [6.07, 6.45) is -4.16. The first kappa shape index (κ1) is 23.7. The molecule has 0 aliphatic rings. The Kier molecular flexibility index (Phi) is 6.09. The molecule has 0 atom stereocenters. The molecule has 2 heterocycles. The standard InChI is InChI=1S/C27H21F3N4OS/c1-15-24(36-16(2)31-15)14-25(35)32-21-8-4-6-18(12-21)17-5-3-7-19(11-17)26-33-22-10-9-20(27(28,29)30)13-23(22)34-26/h3-13H,14H2,1-2H3,(H,32,35)(H,33,34). The van der Waals surface area contributed by atoms with Gasteiger partial charge in [-0.05, 0) is 61.4 Å². The number of halogens is 3. The summed E-state index contributed by atoms with van der Waals surface area (Å²) in [5.74, 6) is 0.360. The van der Waals surface area contributed by atoms with E-state index >= 15 is 0 Å². The number of thiazole rings is 1. The minimum absolute atomic E-state index is 0.117. The van der Waals surface area contributed by atoms with Crippen molar-refractivity contribution >= 4 is 34.0 Å².